The standard InChI is InChI=1S/C29H32F2O7S2/c1-20(29(30,31)40(32,33)34)38-23-10-16-26(17-11-23)39(25-14-8-22(35-5)9-15-25)24-12-6-21(7-13-24)28(4)19-36-27(2,3)18-37-28/h6-17,20H,18-19H2,1-5H3/p+1. The summed E-state index contributed by atoms with van der Waals surface area (Å²) in [6.45, 7) is 7.78. The summed E-state index contributed by atoms with van der Waals surface area (Å²) in [4.78, 5) is 2.89. The summed E-state index contributed by atoms with van der Waals surface area (Å²) >= 11 is 0. The minimum absolute atomic E-state index is 0.0403. The molecule has 1 fully saturated rings. The van der Waals surface area contributed by atoms with Crippen molar-refractivity contribution in [2.75, 3.05) is 20.3 Å². The highest BCUT2D eigenvalue weighted by Gasteiger charge is 2.51. The summed E-state index contributed by atoms with van der Waals surface area (Å²) in [5, 5.41) is -4.46. The molecule has 3 aromatic carbocycles. The number of alkyl halides is 2. The number of hydrogen-bond donors (Lipinski definition) is 1. The molecule has 1 aliphatic heterocycles. The lowest BCUT2D eigenvalue weighted by Gasteiger charge is -2.41. The predicted octanol–water partition coefficient (Wildman–Crippen LogP) is 6.08. The first-order valence-corrected chi connectivity index (χ1v) is 15.2. The SMILES string of the molecule is COc1ccc([S+](c2ccc(OC(C)C(F)(F)S(=O)(=O)O)cc2)c2ccc(C3(C)COC(C)(C)CO3)cc2)cc1. The van der Waals surface area contributed by atoms with E-state index in [4.69, 9.17) is 23.5 Å². The van der Waals surface area contributed by atoms with E-state index in [9.17, 15) is 17.2 Å². The number of benzene rings is 3. The first-order valence-electron chi connectivity index (χ1n) is 12.5. The Morgan fingerprint density at radius 1 is 0.850 bits per heavy atom. The average molecular weight is 596 g/mol. The Morgan fingerprint density at radius 2 is 1.32 bits per heavy atom. The van der Waals surface area contributed by atoms with E-state index in [-0.39, 0.29) is 11.4 Å². The zero-order chi connectivity index (χ0) is 29.3. The number of methoxy groups -OCH3 is 1. The molecular formula is C29H33F2O7S2+. The van der Waals surface area contributed by atoms with Gasteiger partial charge >= 0.3 is 15.4 Å². The van der Waals surface area contributed by atoms with Gasteiger partial charge in [-0.05, 0) is 93.9 Å². The van der Waals surface area contributed by atoms with Crippen molar-refractivity contribution in [1.82, 2.24) is 0 Å². The van der Waals surface area contributed by atoms with Crippen molar-refractivity contribution < 1.29 is 40.7 Å². The van der Waals surface area contributed by atoms with Gasteiger partial charge in [-0.25, -0.2) is 0 Å². The molecule has 0 amide bonds. The van der Waals surface area contributed by atoms with Crippen LogP contribution in [0.4, 0.5) is 8.78 Å². The molecule has 0 aliphatic carbocycles. The quantitative estimate of drug-likeness (QED) is 0.237. The maximum atomic E-state index is 14.0. The Kier molecular flexibility index (Phi) is 8.54. The zero-order valence-electron chi connectivity index (χ0n) is 22.9. The van der Waals surface area contributed by atoms with E-state index in [1.54, 1.807) is 19.2 Å². The van der Waals surface area contributed by atoms with Gasteiger partial charge in [-0.15, -0.1) is 0 Å². The van der Waals surface area contributed by atoms with Crippen LogP contribution in [0.5, 0.6) is 11.5 Å². The monoisotopic (exact) mass is 595 g/mol. The van der Waals surface area contributed by atoms with E-state index >= 15 is 0 Å². The van der Waals surface area contributed by atoms with Crippen molar-refractivity contribution >= 4 is 21.0 Å². The van der Waals surface area contributed by atoms with Gasteiger partial charge in [0, 0.05) is 0 Å². The number of hydrogen-bond acceptors (Lipinski definition) is 6. The van der Waals surface area contributed by atoms with Crippen LogP contribution in [0, 0.1) is 0 Å². The minimum Gasteiger partial charge on any atom is -0.497 e. The third-order valence-corrected chi connectivity index (χ3v) is 9.91. The largest absolute Gasteiger partial charge is 0.497 e. The van der Waals surface area contributed by atoms with Gasteiger partial charge in [0.2, 0.25) is 0 Å². The van der Waals surface area contributed by atoms with Crippen molar-refractivity contribution in [3.8, 4) is 11.5 Å². The van der Waals surface area contributed by atoms with Crippen LogP contribution in [0.1, 0.15) is 33.3 Å². The van der Waals surface area contributed by atoms with Crippen LogP contribution in [-0.4, -0.2) is 50.3 Å². The topological polar surface area (TPSA) is 91.3 Å². The van der Waals surface area contributed by atoms with Gasteiger partial charge in [-0.3, -0.25) is 4.55 Å². The summed E-state index contributed by atoms with van der Waals surface area (Å²) in [5.41, 5.74) is 0.0745. The van der Waals surface area contributed by atoms with Gasteiger partial charge in [0.1, 0.15) is 17.1 Å². The van der Waals surface area contributed by atoms with Crippen LogP contribution < -0.4 is 9.47 Å². The maximum Gasteiger partial charge on any atom is 0.405 e. The Labute approximate surface area is 236 Å². The molecule has 1 N–H and O–H groups in total. The molecule has 40 heavy (non-hydrogen) atoms. The fraction of sp³-hybridized carbons (Fsp3) is 0.379. The smallest absolute Gasteiger partial charge is 0.405 e. The fourth-order valence-electron chi connectivity index (χ4n) is 4.12. The average Bonchev–Trinajstić information content (AvgIpc) is 2.92. The predicted molar refractivity (Wildman–Crippen MR) is 148 cm³/mol. The Balaban J connectivity index is 1.64. The maximum absolute atomic E-state index is 14.0. The van der Waals surface area contributed by atoms with Crippen molar-refractivity contribution in [2.45, 2.75) is 64.9 Å². The molecule has 0 aromatic heterocycles. The van der Waals surface area contributed by atoms with Crippen molar-refractivity contribution in [3.05, 3.63) is 78.4 Å². The van der Waals surface area contributed by atoms with Gasteiger partial charge in [0.05, 0.1) is 36.8 Å². The molecule has 4 rings (SSSR count). The van der Waals surface area contributed by atoms with Crippen LogP contribution in [0.15, 0.2) is 87.5 Å². The highest BCUT2D eigenvalue weighted by Crippen LogP contribution is 2.37. The molecule has 216 valence electrons. The van der Waals surface area contributed by atoms with Gasteiger partial charge in [0.15, 0.2) is 20.8 Å². The van der Waals surface area contributed by atoms with Gasteiger partial charge < -0.3 is 18.9 Å². The summed E-state index contributed by atoms with van der Waals surface area (Å²) in [7, 11) is -4.62. The van der Waals surface area contributed by atoms with Gasteiger partial charge in [-0.1, -0.05) is 12.1 Å². The molecule has 0 bridgehead atoms. The van der Waals surface area contributed by atoms with E-state index in [1.807, 2.05) is 69.3 Å². The van der Waals surface area contributed by atoms with Crippen molar-refractivity contribution in [3.63, 3.8) is 0 Å². The molecule has 0 spiro atoms. The fourth-order valence-corrected chi connectivity index (χ4v) is 6.63. The lowest BCUT2D eigenvalue weighted by Crippen LogP contribution is -2.47. The molecule has 1 heterocycles. The lowest BCUT2D eigenvalue weighted by molar-refractivity contribution is -0.221. The van der Waals surface area contributed by atoms with Gasteiger partial charge in [-0.2, -0.15) is 17.2 Å². The van der Waals surface area contributed by atoms with Crippen molar-refractivity contribution in [1.29, 1.82) is 0 Å². The molecule has 3 unspecified atom stereocenters. The van der Waals surface area contributed by atoms with E-state index in [0.29, 0.717) is 19.0 Å². The Morgan fingerprint density at radius 3 is 1.75 bits per heavy atom. The van der Waals surface area contributed by atoms with Gasteiger partial charge in [0.25, 0.3) is 0 Å². The minimum atomic E-state index is -5.63. The normalized spacial score (nSPS) is 20.9. The highest BCUT2D eigenvalue weighted by atomic mass is 32.2. The third kappa shape index (κ3) is 6.44. The summed E-state index contributed by atoms with van der Waals surface area (Å²) < 4.78 is 81.6. The second-order valence-corrected chi connectivity index (χ2v) is 13.9. The van der Waals surface area contributed by atoms with Crippen LogP contribution >= 0.6 is 0 Å². The lowest BCUT2D eigenvalue weighted by atomic mass is 9.94. The molecule has 1 aliphatic rings. The van der Waals surface area contributed by atoms with Crippen LogP contribution in [-0.2, 0) is 36.1 Å². The third-order valence-electron chi connectivity index (χ3n) is 6.66. The van der Waals surface area contributed by atoms with Crippen molar-refractivity contribution in [2.24, 2.45) is 0 Å². The number of halogens is 2. The van der Waals surface area contributed by atoms with Crippen LogP contribution in [0.25, 0.3) is 0 Å². The van der Waals surface area contributed by atoms with E-state index in [2.05, 4.69) is 0 Å². The summed E-state index contributed by atoms with van der Waals surface area (Å²) in [6.07, 6.45) is -2.10. The molecule has 11 heteroatoms. The Bertz CT molecular complexity index is 1400. The van der Waals surface area contributed by atoms with E-state index in [0.717, 1.165) is 27.2 Å². The molecular weight excluding hydrogens is 562 g/mol. The van der Waals surface area contributed by atoms with E-state index in [1.165, 1.54) is 12.1 Å². The molecule has 1 saturated heterocycles. The van der Waals surface area contributed by atoms with Crippen LogP contribution in [0.2, 0.25) is 0 Å². The molecule has 0 radical (unpaired) electrons. The molecule has 7 nitrogen and oxygen atoms in total. The molecule has 3 atom stereocenters. The first kappa shape index (κ1) is 30.3. The zero-order valence-corrected chi connectivity index (χ0v) is 24.5. The molecule has 0 saturated carbocycles. The summed E-state index contributed by atoms with van der Waals surface area (Å²) in [5.74, 6) is 0.754. The summed E-state index contributed by atoms with van der Waals surface area (Å²) in [6, 6.07) is 22.3. The number of ether oxygens (including phenoxy) is 4. The second-order valence-electron chi connectivity index (χ2n) is 10.3. The highest BCUT2D eigenvalue weighted by molar-refractivity contribution is 7.97. The Hall–Kier alpha value is -2.70. The first-order chi connectivity index (χ1) is 18.6. The van der Waals surface area contributed by atoms with Crippen LogP contribution in [0.3, 0.4) is 0 Å². The number of rotatable bonds is 9. The van der Waals surface area contributed by atoms with E-state index < -0.39 is 38.0 Å². The molecule has 3 aromatic rings. The second kappa shape index (κ2) is 11.3.